The number of ether oxygens (including phenoxy) is 1. The number of azo groups is 1. The smallest absolute Gasteiger partial charge is 0.645 e. The average molecular weight is 617 g/mol. The van der Waals surface area contributed by atoms with Gasteiger partial charge in [-0.1, -0.05) is 69.8 Å². The number of nitrogens with zero attached hydrogens (tertiary/aromatic N) is 5. The monoisotopic (exact) mass is 616 g/mol. The van der Waals surface area contributed by atoms with Crippen LogP contribution in [0.15, 0.2) is 77.0 Å². The summed E-state index contributed by atoms with van der Waals surface area (Å²) < 4.78 is 6.92. The van der Waals surface area contributed by atoms with E-state index < -0.39 is 11.9 Å². The van der Waals surface area contributed by atoms with Crippen molar-refractivity contribution in [3.8, 4) is 17.3 Å². The Bertz CT molecular complexity index is 1620. The van der Waals surface area contributed by atoms with Crippen LogP contribution in [0.5, 0.6) is 11.6 Å². The molecule has 10 nitrogen and oxygen atoms in total. The fourth-order valence-electron chi connectivity index (χ4n) is 4.12. The van der Waals surface area contributed by atoms with Gasteiger partial charge in [0.25, 0.3) is 0 Å². The quantitative estimate of drug-likeness (QED) is 0.178. The minimum atomic E-state index is -1.35. The number of carbonyl (C=O) groups excluding carboxylic acids is 2. The number of carbonyl (C=O) groups is 2. The van der Waals surface area contributed by atoms with Gasteiger partial charge in [0.1, 0.15) is 5.75 Å². The molecular weight excluding hydrogens is 586 g/mol. The number of aromatic carboxylic acids is 1. The van der Waals surface area contributed by atoms with Crippen LogP contribution < -0.4 is 9.84 Å². The molecule has 0 radical (unpaired) electrons. The van der Waals surface area contributed by atoms with Crippen LogP contribution in [0.25, 0.3) is 11.0 Å². The molecular formula is C31H31CuN5O5-. The van der Waals surface area contributed by atoms with Gasteiger partial charge in [-0.2, -0.15) is 9.78 Å². The van der Waals surface area contributed by atoms with E-state index in [0.29, 0.717) is 23.7 Å². The zero-order chi connectivity index (χ0) is 29.7. The van der Waals surface area contributed by atoms with E-state index in [9.17, 15) is 19.8 Å². The van der Waals surface area contributed by atoms with E-state index in [2.05, 4.69) is 41.4 Å². The van der Waals surface area contributed by atoms with Crippen LogP contribution in [-0.2, 0) is 29.0 Å². The Kier molecular flexibility index (Phi) is 10.3. The summed E-state index contributed by atoms with van der Waals surface area (Å²) in [4.78, 5) is 24.4. The molecule has 1 amide bonds. The van der Waals surface area contributed by atoms with E-state index in [1.807, 2.05) is 25.1 Å². The van der Waals surface area contributed by atoms with Crippen molar-refractivity contribution in [2.45, 2.75) is 46.6 Å². The Hall–Kier alpha value is -4.47. The molecule has 1 heterocycles. The number of hydrogen-bond acceptors (Lipinski definition) is 8. The van der Waals surface area contributed by atoms with Crippen LogP contribution in [0.2, 0.25) is 0 Å². The summed E-state index contributed by atoms with van der Waals surface area (Å²) in [5, 5.41) is 39.0. The first kappa shape index (κ1) is 32.0. The molecule has 1 N–H and O–H groups in total. The topological polar surface area (TPSA) is 143 Å². The fourth-order valence-corrected chi connectivity index (χ4v) is 4.12. The van der Waals surface area contributed by atoms with Crippen molar-refractivity contribution in [1.29, 1.82) is 0 Å². The molecule has 0 aliphatic heterocycles. The van der Waals surface area contributed by atoms with E-state index >= 15 is 0 Å². The van der Waals surface area contributed by atoms with Crippen LogP contribution in [0, 0.1) is 6.92 Å². The number of rotatable bonds is 9. The summed E-state index contributed by atoms with van der Waals surface area (Å²) in [6.45, 7) is 10.5. The zero-order valence-corrected chi connectivity index (χ0v) is 24.8. The predicted octanol–water partition coefficient (Wildman–Crippen LogP) is 6.07. The second-order valence-corrected chi connectivity index (χ2v) is 10.4. The van der Waals surface area contributed by atoms with E-state index in [1.165, 1.54) is 18.2 Å². The minimum absolute atomic E-state index is 0. The van der Waals surface area contributed by atoms with Crippen molar-refractivity contribution in [2.24, 2.45) is 10.2 Å². The number of aromatic nitrogens is 2. The number of aryl methyl sites for hydroxylation is 1. The van der Waals surface area contributed by atoms with E-state index in [0.717, 1.165) is 15.8 Å². The van der Waals surface area contributed by atoms with Gasteiger partial charge >= 0.3 is 17.1 Å². The number of amides is 1. The minimum Gasteiger partial charge on any atom is -0.645 e. The standard InChI is InChI=1S/C31H33N5O5.Cu/c1-6-41-26-15-14-22(31(3,4)5)16-21(26)18-32-28(37)24-12-7-8-13-25(24)33-34-27-19(2)35-36(29(27)38)23-11-9-10-20(17-23)30(39)40;/h7-17H,6,18H2,1-5H3,(H3,32,33,35,37,38,39,40);/q;+1/p-2. The Morgan fingerprint density at radius 3 is 2.48 bits per heavy atom. The average Bonchev–Trinajstić information content (AvgIpc) is 3.23. The molecule has 0 fully saturated rings. The summed E-state index contributed by atoms with van der Waals surface area (Å²) in [5.41, 5.74) is 3.01. The maximum absolute atomic E-state index is 13.2. The molecule has 0 aliphatic rings. The van der Waals surface area contributed by atoms with Gasteiger partial charge in [0.15, 0.2) is 5.69 Å². The summed E-state index contributed by atoms with van der Waals surface area (Å²) >= 11 is 0. The van der Waals surface area contributed by atoms with Crippen LogP contribution in [0.1, 0.15) is 65.2 Å². The summed E-state index contributed by atoms with van der Waals surface area (Å²) in [6.07, 6.45) is 0. The van der Waals surface area contributed by atoms with Gasteiger partial charge in [0.05, 0.1) is 35.6 Å². The largest absolute Gasteiger partial charge is 1.00 e. The molecule has 0 aliphatic carbocycles. The first-order chi connectivity index (χ1) is 19.5. The second kappa shape index (κ2) is 13.5. The summed E-state index contributed by atoms with van der Waals surface area (Å²) in [5.74, 6) is -1.48. The van der Waals surface area contributed by atoms with Gasteiger partial charge in [-0.25, -0.2) is 0 Å². The van der Waals surface area contributed by atoms with Crippen molar-refractivity contribution in [3.63, 3.8) is 0 Å². The van der Waals surface area contributed by atoms with Crippen molar-refractivity contribution >= 4 is 23.3 Å². The third-order valence-electron chi connectivity index (χ3n) is 6.34. The van der Waals surface area contributed by atoms with Gasteiger partial charge in [0, 0.05) is 5.56 Å². The molecule has 0 saturated heterocycles. The van der Waals surface area contributed by atoms with Crippen molar-refractivity contribution < 1.29 is 41.6 Å². The predicted molar refractivity (Wildman–Crippen MR) is 153 cm³/mol. The van der Waals surface area contributed by atoms with Gasteiger partial charge in [0.2, 0.25) is 5.88 Å². The second-order valence-electron chi connectivity index (χ2n) is 10.4. The molecule has 4 rings (SSSR count). The Morgan fingerprint density at radius 1 is 1.05 bits per heavy atom. The first-order valence-electron chi connectivity index (χ1n) is 13.1. The van der Waals surface area contributed by atoms with Crippen LogP contribution in [0.4, 0.5) is 11.4 Å². The van der Waals surface area contributed by atoms with Crippen molar-refractivity contribution in [2.75, 3.05) is 6.61 Å². The Balaban J connectivity index is 0.00000484. The molecule has 4 aromatic rings. The molecule has 0 saturated carbocycles. The molecule has 11 heteroatoms. The van der Waals surface area contributed by atoms with Crippen LogP contribution in [0.3, 0.4) is 0 Å². The van der Waals surface area contributed by atoms with E-state index in [4.69, 9.17) is 4.74 Å². The van der Waals surface area contributed by atoms with Gasteiger partial charge < -0.3 is 29.9 Å². The number of carboxylic acid groups (broad SMARTS) is 1. The van der Waals surface area contributed by atoms with Crippen LogP contribution in [-0.4, -0.2) is 33.4 Å². The van der Waals surface area contributed by atoms with E-state index in [1.54, 1.807) is 37.3 Å². The number of aromatic hydroxyl groups is 1. The first-order valence-corrected chi connectivity index (χ1v) is 13.1. The van der Waals surface area contributed by atoms with Gasteiger partial charge in [-0.05, 0) is 60.2 Å². The molecule has 42 heavy (non-hydrogen) atoms. The zero-order valence-electron chi connectivity index (χ0n) is 23.9. The molecule has 222 valence electrons. The number of hydrogen-bond donors (Lipinski definition) is 1. The molecule has 1 aromatic heterocycles. The number of carboxylic acids is 1. The van der Waals surface area contributed by atoms with Crippen LogP contribution >= 0.6 is 0 Å². The summed E-state index contributed by atoms with van der Waals surface area (Å²) in [7, 11) is 0. The maximum Gasteiger partial charge on any atom is 1.00 e. The van der Waals surface area contributed by atoms with Gasteiger partial charge in [-0.3, -0.25) is 0 Å². The van der Waals surface area contributed by atoms with Gasteiger partial charge in [-0.15, -0.1) is 10.2 Å². The van der Waals surface area contributed by atoms with Crippen molar-refractivity contribution in [1.82, 2.24) is 9.78 Å². The third kappa shape index (κ3) is 7.23. The molecule has 0 spiro atoms. The molecule has 3 aromatic carbocycles. The summed E-state index contributed by atoms with van der Waals surface area (Å²) in [6, 6.07) is 18.4. The fraction of sp³-hybridized carbons (Fsp3) is 0.258. The molecule has 0 bridgehead atoms. The third-order valence-corrected chi connectivity index (χ3v) is 6.34. The molecule has 0 atom stereocenters. The molecule has 0 unspecified atom stereocenters. The number of benzene rings is 3. The Morgan fingerprint density at radius 2 is 1.79 bits per heavy atom. The normalized spacial score (nSPS) is 11.3. The Labute approximate surface area is 254 Å². The SMILES string of the molecule is CCOc1ccc(C(C)(C)C)cc1C[N-]C(=O)c1ccccc1N=Nc1c(C)nn(-c2cccc(C(=O)[O-])c2)c1O.[Cu+]. The van der Waals surface area contributed by atoms with E-state index in [-0.39, 0.29) is 57.4 Å². The van der Waals surface area contributed by atoms with Crippen molar-refractivity contribution in [3.05, 3.63) is 100.0 Å². The maximum atomic E-state index is 13.2.